The lowest BCUT2D eigenvalue weighted by Gasteiger charge is -2.09. The molecule has 11 heavy (non-hydrogen) atoms. The van der Waals surface area contributed by atoms with Gasteiger partial charge in [0.25, 0.3) is 0 Å². The van der Waals surface area contributed by atoms with Crippen LogP contribution in [-0.4, -0.2) is 25.0 Å². The summed E-state index contributed by atoms with van der Waals surface area (Å²) in [6.07, 6.45) is 1.18. The lowest BCUT2D eigenvalue weighted by Crippen LogP contribution is -2.26. The van der Waals surface area contributed by atoms with Crippen LogP contribution in [-0.2, 0) is 14.3 Å². The summed E-state index contributed by atoms with van der Waals surface area (Å²) in [5.74, 6) is -0.397. The Morgan fingerprint density at radius 2 is 2.36 bits per heavy atom. The maximum Gasteiger partial charge on any atom is 0.325 e. The molecule has 1 atom stereocenters. The van der Waals surface area contributed by atoms with Gasteiger partial charge in [0.1, 0.15) is 6.54 Å². The molecule has 0 aliphatic carbocycles. The summed E-state index contributed by atoms with van der Waals surface area (Å²) in [5.41, 5.74) is 0. The van der Waals surface area contributed by atoms with Crippen molar-refractivity contribution < 1.29 is 14.3 Å². The second kappa shape index (κ2) is 5.70. The van der Waals surface area contributed by atoms with E-state index in [1.165, 1.54) is 0 Å². The van der Waals surface area contributed by atoms with Crippen molar-refractivity contribution in [2.45, 2.75) is 26.4 Å². The van der Waals surface area contributed by atoms with Gasteiger partial charge in [-0.3, -0.25) is 9.59 Å². The molecule has 0 radical (unpaired) electrons. The Balaban J connectivity index is 3.43. The first kappa shape index (κ1) is 9.94. The first-order valence-corrected chi connectivity index (χ1v) is 3.57. The lowest BCUT2D eigenvalue weighted by atomic mass is 10.3. The number of carbonyl (C=O) groups excluding carboxylic acids is 2. The van der Waals surface area contributed by atoms with Crippen molar-refractivity contribution >= 4 is 12.4 Å². The quantitative estimate of drug-likeness (QED) is 0.456. The smallest absolute Gasteiger partial charge is 0.325 e. The average molecular weight is 159 g/mol. The van der Waals surface area contributed by atoms with Crippen LogP contribution in [0, 0.1) is 0 Å². The molecule has 0 heterocycles. The Kier molecular flexibility index (Phi) is 5.15. The van der Waals surface area contributed by atoms with Crippen LogP contribution in [0.2, 0.25) is 0 Å². The minimum atomic E-state index is -0.397. The van der Waals surface area contributed by atoms with Gasteiger partial charge >= 0.3 is 5.97 Å². The highest BCUT2D eigenvalue weighted by Crippen LogP contribution is 1.94. The predicted molar refractivity (Wildman–Crippen MR) is 39.9 cm³/mol. The summed E-state index contributed by atoms with van der Waals surface area (Å²) < 4.78 is 4.84. The van der Waals surface area contributed by atoms with E-state index in [9.17, 15) is 9.59 Å². The lowest BCUT2D eigenvalue weighted by molar-refractivity contribution is -0.147. The van der Waals surface area contributed by atoms with E-state index < -0.39 is 5.97 Å². The molecule has 0 spiro atoms. The number of amides is 1. The molecule has 64 valence electrons. The molecule has 0 aromatic carbocycles. The normalized spacial score (nSPS) is 11.8. The molecule has 1 amide bonds. The van der Waals surface area contributed by atoms with Gasteiger partial charge in [-0.05, 0) is 13.3 Å². The maximum atomic E-state index is 10.7. The van der Waals surface area contributed by atoms with Gasteiger partial charge in [0.05, 0.1) is 6.10 Å². The zero-order chi connectivity index (χ0) is 8.69. The topological polar surface area (TPSA) is 55.4 Å². The van der Waals surface area contributed by atoms with Crippen molar-refractivity contribution in [3.8, 4) is 0 Å². The highest BCUT2D eigenvalue weighted by atomic mass is 16.5. The van der Waals surface area contributed by atoms with Gasteiger partial charge in [-0.25, -0.2) is 0 Å². The van der Waals surface area contributed by atoms with Gasteiger partial charge < -0.3 is 10.1 Å². The van der Waals surface area contributed by atoms with Crippen LogP contribution < -0.4 is 5.32 Å². The van der Waals surface area contributed by atoms with E-state index in [1.807, 2.05) is 6.92 Å². The second-order valence-electron chi connectivity index (χ2n) is 2.21. The zero-order valence-corrected chi connectivity index (χ0v) is 6.79. The Morgan fingerprint density at radius 3 is 2.82 bits per heavy atom. The van der Waals surface area contributed by atoms with E-state index in [0.717, 1.165) is 6.42 Å². The first-order chi connectivity index (χ1) is 5.20. The fourth-order valence-corrected chi connectivity index (χ4v) is 0.474. The van der Waals surface area contributed by atoms with E-state index >= 15 is 0 Å². The van der Waals surface area contributed by atoms with Gasteiger partial charge in [-0.15, -0.1) is 0 Å². The number of carbonyl (C=O) groups is 2. The van der Waals surface area contributed by atoms with Crippen LogP contribution in [0.4, 0.5) is 0 Å². The minimum Gasteiger partial charge on any atom is -0.461 e. The van der Waals surface area contributed by atoms with Gasteiger partial charge in [-0.2, -0.15) is 0 Å². The molecule has 0 saturated carbocycles. The average Bonchev–Trinajstić information content (AvgIpc) is 2.00. The third-order valence-electron chi connectivity index (χ3n) is 1.24. The number of nitrogens with one attached hydrogen (secondary N) is 1. The molecule has 1 unspecified atom stereocenters. The minimum absolute atomic E-state index is 0.0478. The molecule has 4 nitrogen and oxygen atoms in total. The summed E-state index contributed by atoms with van der Waals surface area (Å²) in [5, 5.41) is 2.22. The fourth-order valence-electron chi connectivity index (χ4n) is 0.474. The Labute approximate surface area is 65.9 Å². The molecule has 0 saturated heterocycles. The predicted octanol–water partition coefficient (Wildman–Crippen LogP) is 0.0741. The van der Waals surface area contributed by atoms with E-state index in [1.54, 1.807) is 6.92 Å². The summed E-state index contributed by atoms with van der Waals surface area (Å²) in [6, 6.07) is 0. The molecular weight excluding hydrogens is 146 g/mol. The Hall–Kier alpha value is -1.06. The molecule has 0 aromatic rings. The van der Waals surface area contributed by atoms with Crippen LogP contribution in [0.25, 0.3) is 0 Å². The van der Waals surface area contributed by atoms with Gasteiger partial charge in [-0.1, -0.05) is 6.92 Å². The Bertz CT molecular complexity index is 136. The van der Waals surface area contributed by atoms with Crippen molar-refractivity contribution in [2.24, 2.45) is 0 Å². The van der Waals surface area contributed by atoms with Crippen LogP contribution in [0.15, 0.2) is 0 Å². The van der Waals surface area contributed by atoms with E-state index in [-0.39, 0.29) is 12.6 Å². The van der Waals surface area contributed by atoms with E-state index in [2.05, 4.69) is 5.32 Å². The molecule has 0 aliphatic rings. The highest BCUT2D eigenvalue weighted by Gasteiger charge is 2.05. The van der Waals surface area contributed by atoms with Gasteiger partial charge in [0.15, 0.2) is 0 Å². The largest absolute Gasteiger partial charge is 0.461 e. The monoisotopic (exact) mass is 159 g/mol. The molecule has 0 aliphatic heterocycles. The van der Waals surface area contributed by atoms with Crippen molar-refractivity contribution in [3.05, 3.63) is 0 Å². The zero-order valence-electron chi connectivity index (χ0n) is 6.79. The molecular formula is C7H13NO3. The van der Waals surface area contributed by atoms with Gasteiger partial charge in [0.2, 0.25) is 6.41 Å². The van der Waals surface area contributed by atoms with Crippen LogP contribution in [0.3, 0.4) is 0 Å². The van der Waals surface area contributed by atoms with Crippen LogP contribution >= 0.6 is 0 Å². The van der Waals surface area contributed by atoms with Crippen molar-refractivity contribution in [3.63, 3.8) is 0 Å². The first-order valence-electron chi connectivity index (χ1n) is 3.57. The van der Waals surface area contributed by atoms with E-state index in [4.69, 9.17) is 4.74 Å². The summed E-state index contributed by atoms with van der Waals surface area (Å²) in [4.78, 5) is 20.5. The summed E-state index contributed by atoms with van der Waals surface area (Å²) in [6.45, 7) is 3.68. The third kappa shape index (κ3) is 5.39. The molecule has 0 bridgehead atoms. The molecule has 0 aromatic heterocycles. The number of rotatable bonds is 5. The van der Waals surface area contributed by atoms with E-state index in [0.29, 0.717) is 6.41 Å². The Morgan fingerprint density at radius 1 is 1.73 bits per heavy atom. The maximum absolute atomic E-state index is 10.7. The fraction of sp³-hybridized carbons (Fsp3) is 0.714. The summed E-state index contributed by atoms with van der Waals surface area (Å²) >= 11 is 0. The highest BCUT2D eigenvalue weighted by molar-refractivity contribution is 5.74. The number of esters is 1. The molecule has 0 fully saturated rings. The third-order valence-corrected chi connectivity index (χ3v) is 1.24. The van der Waals surface area contributed by atoms with Gasteiger partial charge in [0, 0.05) is 0 Å². The van der Waals surface area contributed by atoms with Crippen molar-refractivity contribution in [1.29, 1.82) is 0 Å². The van der Waals surface area contributed by atoms with Crippen molar-refractivity contribution in [1.82, 2.24) is 5.32 Å². The standard InChI is InChI=1S/C7H13NO3/c1-3-6(2)11-7(10)4-8-5-9/h5-6H,3-4H2,1-2H3,(H,8,9). The van der Waals surface area contributed by atoms with Crippen LogP contribution in [0.5, 0.6) is 0 Å². The number of ether oxygens (including phenoxy) is 1. The summed E-state index contributed by atoms with van der Waals surface area (Å²) in [7, 11) is 0. The SMILES string of the molecule is CCC(C)OC(=O)CNC=O. The molecule has 1 N–H and O–H groups in total. The van der Waals surface area contributed by atoms with Crippen molar-refractivity contribution in [2.75, 3.05) is 6.54 Å². The van der Waals surface area contributed by atoms with Crippen LogP contribution in [0.1, 0.15) is 20.3 Å². The number of hydrogen-bond donors (Lipinski definition) is 1. The number of hydrogen-bond acceptors (Lipinski definition) is 3. The molecule has 0 rings (SSSR count). The molecule has 4 heteroatoms. The second-order valence-corrected chi connectivity index (χ2v) is 2.21.